The van der Waals surface area contributed by atoms with Crippen molar-refractivity contribution in [3.8, 4) is 0 Å². The fourth-order valence-electron chi connectivity index (χ4n) is 1.73. The fourth-order valence-corrected chi connectivity index (χ4v) is 1.73. The molecule has 2 rings (SSSR count). The summed E-state index contributed by atoms with van der Waals surface area (Å²) in [6.45, 7) is -0.566. The molecule has 0 saturated heterocycles. The number of ether oxygens (including phenoxy) is 1. The summed E-state index contributed by atoms with van der Waals surface area (Å²) in [6, 6.07) is 13.6. The van der Waals surface area contributed by atoms with E-state index in [9.17, 15) is 4.79 Å². The van der Waals surface area contributed by atoms with Gasteiger partial charge in [-0.1, -0.05) is 42.5 Å². The number of rotatable bonds is 3. The predicted molar refractivity (Wildman–Crippen MR) is 60.8 cm³/mol. The van der Waals surface area contributed by atoms with Crippen molar-refractivity contribution in [1.29, 1.82) is 0 Å². The van der Waals surface area contributed by atoms with Crippen LogP contribution in [0.5, 0.6) is 0 Å². The topological polar surface area (TPSA) is 46.5 Å². The molecular weight excluding hydrogens is 204 g/mol. The van der Waals surface area contributed by atoms with Crippen molar-refractivity contribution < 1.29 is 14.6 Å². The van der Waals surface area contributed by atoms with Gasteiger partial charge >= 0.3 is 5.97 Å². The van der Waals surface area contributed by atoms with Crippen LogP contribution in [0.1, 0.15) is 5.56 Å². The van der Waals surface area contributed by atoms with Gasteiger partial charge < -0.3 is 9.84 Å². The molecule has 2 aromatic carbocycles. The molecule has 0 heterocycles. The van der Waals surface area contributed by atoms with Crippen LogP contribution in [0.3, 0.4) is 0 Å². The second-order valence-electron chi connectivity index (χ2n) is 3.46. The van der Waals surface area contributed by atoms with E-state index in [-0.39, 0.29) is 6.42 Å². The highest BCUT2D eigenvalue weighted by atomic mass is 16.6. The quantitative estimate of drug-likeness (QED) is 0.629. The second kappa shape index (κ2) is 4.77. The van der Waals surface area contributed by atoms with E-state index < -0.39 is 12.8 Å². The first kappa shape index (κ1) is 10.6. The lowest BCUT2D eigenvalue weighted by molar-refractivity contribution is -0.150. The molecule has 1 N–H and O–H groups in total. The van der Waals surface area contributed by atoms with Gasteiger partial charge in [0.15, 0.2) is 6.79 Å². The lowest BCUT2D eigenvalue weighted by Crippen LogP contribution is -2.08. The minimum Gasteiger partial charge on any atom is -0.438 e. The molecule has 0 atom stereocenters. The van der Waals surface area contributed by atoms with Gasteiger partial charge in [0.05, 0.1) is 6.42 Å². The molecule has 2 aromatic rings. The van der Waals surface area contributed by atoms with Crippen LogP contribution in [0, 0.1) is 0 Å². The monoisotopic (exact) mass is 216 g/mol. The number of carbonyl (C=O) groups is 1. The van der Waals surface area contributed by atoms with Gasteiger partial charge in [-0.3, -0.25) is 4.79 Å². The number of aliphatic hydroxyl groups is 1. The summed E-state index contributed by atoms with van der Waals surface area (Å²) in [6.07, 6.45) is 0.182. The van der Waals surface area contributed by atoms with Gasteiger partial charge in [0.2, 0.25) is 0 Å². The third-order valence-corrected chi connectivity index (χ3v) is 2.44. The van der Waals surface area contributed by atoms with Crippen LogP contribution in [0.15, 0.2) is 42.5 Å². The number of hydrogen-bond donors (Lipinski definition) is 1. The zero-order valence-corrected chi connectivity index (χ0v) is 8.72. The fraction of sp³-hybridized carbons (Fsp3) is 0.154. The minimum atomic E-state index is -0.566. The molecule has 3 nitrogen and oxygen atoms in total. The molecule has 0 aliphatic heterocycles. The van der Waals surface area contributed by atoms with Crippen molar-refractivity contribution in [2.45, 2.75) is 6.42 Å². The Labute approximate surface area is 93.3 Å². The molecule has 0 amide bonds. The summed E-state index contributed by atoms with van der Waals surface area (Å²) >= 11 is 0. The maximum atomic E-state index is 11.3. The van der Waals surface area contributed by atoms with E-state index in [0.29, 0.717) is 0 Å². The second-order valence-corrected chi connectivity index (χ2v) is 3.46. The Morgan fingerprint density at radius 2 is 1.88 bits per heavy atom. The van der Waals surface area contributed by atoms with Gasteiger partial charge in [-0.2, -0.15) is 0 Å². The van der Waals surface area contributed by atoms with Crippen molar-refractivity contribution >= 4 is 16.7 Å². The summed E-state index contributed by atoms with van der Waals surface area (Å²) in [5.74, 6) is -0.418. The first-order chi connectivity index (χ1) is 7.81. The van der Waals surface area contributed by atoms with Gasteiger partial charge in [-0.05, 0) is 16.3 Å². The summed E-state index contributed by atoms with van der Waals surface area (Å²) < 4.78 is 4.51. The van der Waals surface area contributed by atoms with Gasteiger partial charge in [0.25, 0.3) is 0 Å². The Bertz CT molecular complexity index is 500. The molecule has 82 valence electrons. The first-order valence-electron chi connectivity index (χ1n) is 5.04. The maximum Gasteiger partial charge on any atom is 0.312 e. The zero-order valence-electron chi connectivity index (χ0n) is 8.72. The highest BCUT2D eigenvalue weighted by Crippen LogP contribution is 2.18. The summed E-state index contributed by atoms with van der Waals surface area (Å²) in [7, 11) is 0. The predicted octanol–water partition coefficient (Wildman–Crippen LogP) is 1.88. The molecule has 0 saturated carbocycles. The van der Waals surface area contributed by atoms with Crippen LogP contribution in [-0.2, 0) is 16.0 Å². The number of benzene rings is 2. The number of esters is 1. The normalized spacial score (nSPS) is 10.3. The van der Waals surface area contributed by atoms with E-state index in [4.69, 9.17) is 5.11 Å². The van der Waals surface area contributed by atoms with E-state index >= 15 is 0 Å². The third kappa shape index (κ3) is 2.20. The van der Waals surface area contributed by atoms with E-state index in [1.807, 2.05) is 42.5 Å². The molecule has 0 aliphatic rings. The lowest BCUT2D eigenvalue weighted by atomic mass is 10.0. The standard InChI is InChI=1S/C13H12O3/c14-9-16-13(15)8-11-6-3-5-10-4-1-2-7-12(10)11/h1-7,14H,8-9H2. The Morgan fingerprint density at radius 1 is 1.12 bits per heavy atom. The van der Waals surface area contributed by atoms with Crippen LogP contribution in [0.4, 0.5) is 0 Å². The van der Waals surface area contributed by atoms with Crippen molar-refractivity contribution in [2.24, 2.45) is 0 Å². The zero-order chi connectivity index (χ0) is 11.4. The van der Waals surface area contributed by atoms with Gasteiger partial charge in [0.1, 0.15) is 0 Å². The summed E-state index contributed by atoms with van der Waals surface area (Å²) in [5, 5.41) is 10.6. The third-order valence-electron chi connectivity index (χ3n) is 2.44. The number of hydrogen-bond acceptors (Lipinski definition) is 3. The molecule has 0 radical (unpaired) electrons. The molecule has 0 aliphatic carbocycles. The van der Waals surface area contributed by atoms with Crippen LogP contribution >= 0.6 is 0 Å². The van der Waals surface area contributed by atoms with Crippen molar-refractivity contribution in [3.63, 3.8) is 0 Å². The highest BCUT2D eigenvalue weighted by molar-refractivity contribution is 5.88. The molecule has 0 spiro atoms. The number of fused-ring (bicyclic) bond motifs is 1. The Kier molecular flexibility index (Phi) is 3.17. The van der Waals surface area contributed by atoms with Crippen molar-refractivity contribution in [1.82, 2.24) is 0 Å². The van der Waals surface area contributed by atoms with Crippen LogP contribution < -0.4 is 0 Å². The molecule has 16 heavy (non-hydrogen) atoms. The van der Waals surface area contributed by atoms with E-state index in [2.05, 4.69) is 4.74 Å². The SMILES string of the molecule is O=C(Cc1cccc2ccccc12)OCO. The van der Waals surface area contributed by atoms with E-state index in [1.165, 1.54) is 0 Å². The highest BCUT2D eigenvalue weighted by Gasteiger charge is 2.06. The first-order valence-corrected chi connectivity index (χ1v) is 5.04. The van der Waals surface area contributed by atoms with Crippen LogP contribution in [0.25, 0.3) is 10.8 Å². The smallest absolute Gasteiger partial charge is 0.312 e. The molecule has 3 heteroatoms. The molecule has 0 bridgehead atoms. The molecule has 0 unspecified atom stereocenters. The Balaban J connectivity index is 2.33. The van der Waals surface area contributed by atoms with Gasteiger partial charge in [-0.15, -0.1) is 0 Å². The molecule has 0 fully saturated rings. The largest absolute Gasteiger partial charge is 0.438 e. The average molecular weight is 216 g/mol. The van der Waals surface area contributed by atoms with Crippen molar-refractivity contribution in [2.75, 3.05) is 6.79 Å². The van der Waals surface area contributed by atoms with Gasteiger partial charge in [0, 0.05) is 0 Å². The van der Waals surface area contributed by atoms with Gasteiger partial charge in [-0.25, -0.2) is 0 Å². The number of aliphatic hydroxyl groups excluding tert-OH is 1. The Hall–Kier alpha value is -1.87. The van der Waals surface area contributed by atoms with Crippen LogP contribution in [-0.4, -0.2) is 17.9 Å². The maximum absolute atomic E-state index is 11.3. The molecule has 0 aromatic heterocycles. The molecular formula is C13H12O3. The lowest BCUT2D eigenvalue weighted by Gasteiger charge is -2.05. The van der Waals surface area contributed by atoms with Crippen LogP contribution in [0.2, 0.25) is 0 Å². The van der Waals surface area contributed by atoms with E-state index in [1.54, 1.807) is 0 Å². The summed E-state index contributed by atoms with van der Waals surface area (Å²) in [4.78, 5) is 11.3. The minimum absolute atomic E-state index is 0.182. The average Bonchev–Trinajstić information content (AvgIpc) is 2.30. The number of carbonyl (C=O) groups excluding carboxylic acids is 1. The van der Waals surface area contributed by atoms with Crippen molar-refractivity contribution in [3.05, 3.63) is 48.0 Å². The Morgan fingerprint density at radius 3 is 2.69 bits per heavy atom. The summed E-state index contributed by atoms with van der Waals surface area (Å²) in [5.41, 5.74) is 0.913. The van der Waals surface area contributed by atoms with E-state index in [0.717, 1.165) is 16.3 Å².